The van der Waals surface area contributed by atoms with Crippen LogP contribution in [0, 0.1) is 12.3 Å². The average molecular weight is 367 g/mol. The maximum Gasteiger partial charge on any atom is 0.275 e. The molecule has 0 radical (unpaired) electrons. The van der Waals surface area contributed by atoms with Gasteiger partial charge in [-0.15, -0.1) is 0 Å². The van der Waals surface area contributed by atoms with Gasteiger partial charge in [-0.25, -0.2) is 9.67 Å². The van der Waals surface area contributed by atoms with Crippen LogP contribution in [-0.4, -0.2) is 31.3 Å². The molecule has 27 heavy (non-hydrogen) atoms. The minimum Gasteiger partial charge on any atom is -0.349 e. The fraction of sp³-hybridized carbons (Fsp3) is 0.400. The molecule has 7 nitrogen and oxygen atoms in total. The Morgan fingerprint density at radius 2 is 1.93 bits per heavy atom. The normalized spacial score (nSPS) is 12.9. The van der Waals surface area contributed by atoms with Crippen LogP contribution in [-0.2, 0) is 17.9 Å². The third-order valence-electron chi connectivity index (χ3n) is 4.68. The Morgan fingerprint density at radius 3 is 2.56 bits per heavy atom. The molecule has 7 heteroatoms. The highest BCUT2D eigenvalue weighted by Gasteiger charge is 2.27. The van der Waals surface area contributed by atoms with Crippen molar-refractivity contribution in [2.24, 2.45) is 5.41 Å². The van der Waals surface area contributed by atoms with E-state index >= 15 is 0 Å². The maximum atomic E-state index is 12.7. The summed E-state index contributed by atoms with van der Waals surface area (Å²) in [6.45, 7) is 8.54. The highest BCUT2D eigenvalue weighted by Crippen LogP contribution is 2.21. The number of benzene rings is 1. The molecule has 1 unspecified atom stereocenters. The monoisotopic (exact) mass is 367 g/mol. The van der Waals surface area contributed by atoms with Crippen molar-refractivity contribution in [2.75, 3.05) is 0 Å². The summed E-state index contributed by atoms with van der Waals surface area (Å²) < 4.78 is 3.17. The van der Waals surface area contributed by atoms with E-state index in [4.69, 9.17) is 0 Å². The summed E-state index contributed by atoms with van der Waals surface area (Å²) in [4.78, 5) is 29.4. The number of hydrogen-bond donors (Lipinski definition) is 1. The predicted molar refractivity (Wildman–Crippen MR) is 104 cm³/mol. The lowest BCUT2D eigenvalue weighted by molar-refractivity contribution is -0.123. The van der Waals surface area contributed by atoms with E-state index in [1.54, 1.807) is 18.6 Å². The van der Waals surface area contributed by atoms with Gasteiger partial charge in [0.05, 0.1) is 23.4 Å². The van der Waals surface area contributed by atoms with Crippen LogP contribution in [0.2, 0.25) is 0 Å². The first-order valence-electron chi connectivity index (χ1n) is 8.97. The molecule has 0 aliphatic rings. The van der Waals surface area contributed by atoms with Crippen molar-refractivity contribution in [3.05, 3.63) is 59.0 Å². The molecule has 0 saturated carbocycles. The van der Waals surface area contributed by atoms with E-state index in [9.17, 15) is 9.59 Å². The Balaban J connectivity index is 1.81. The summed E-state index contributed by atoms with van der Waals surface area (Å²) in [5, 5.41) is 8.75. The van der Waals surface area contributed by atoms with E-state index in [0.29, 0.717) is 11.9 Å². The van der Waals surface area contributed by atoms with Crippen LogP contribution in [0.1, 0.15) is 26.5 Å². The van der Waals surface area contributed by atoms with Crippen LogP contribution in [0.25, 0.3) is 10.8 Å². The zero-order chi connectivity index (χ0) is 19.6. The van der Waals surface area contributed by atoms with Crippen molar-refractivity contribution in [3.63, 3.8) is 0 Å². The fourth-order valence-electron chi connectivity index (χ4n) is 3.03. The first kappa shape index (κ1) is 18.8. The zero-order valence-electron chi connectivity index (χ0n) is 16.1. The number of aryl methyl sites for hydroxylation is 1. The topological polar surface area (TPSA) is 81.8 Å². The maximum absolute atomic E-state index is 12.7. The fourth-order valence-corrected chi connectivity index (χ4v) is 3.03. The van der Waals surface area contributed by atoms with Gasteiger partial charge in [0.1, 0.15) is 6.54 Å². The Bertz CT molecular complexity index is 999. The lowest BCUT2D eigenvalue weighted by Crippen LogP contribution is -2.48. The Hall–Kier alpha value is -2.96. The number of amides is 1. The number of aromatic nitrogens is 4. The van der Waals surface area contributed by atoms with E-state index in [2.05, 4.69) is 36.2 Å². The zero-order valence-corrected chi connectivity index (χ0v) is 16.1. The van der Waals surface area contributed by atoms with Gasteiger partial charge < -0.3 is 9.88 Å². The molecule has 0 fully saturated rings. The quantitative estimate of drug-likeness (QED) is 0.749. The SMILES string of the molecule is Cc1nn(CC(=O)NC(Cn2ccnc2)C(C)(C)C)c(=O)c2ccccc12. The highest BCUT2D eigenvalue weighted by atomic mass is 16.2. The largest absolute Gasteiger partial charge is 0.349 e. The smallest absolute Gasteiger partial charge is 0.275 e. The molecule has 2 heterocycles. The predicted octanol–water partition coefficient (Wildman–Crippen LogP) is 2.13. The lowest BCUT2D eigenvalue weighted by Gasteiger charge is -2.31. The molecule has 1 N–H and O–H groups in total. The minimum absolute atomic E-state index is 0.110. The van der Waals surface area contributed by atoms with Crippen molar-refractivity contribution in [3.8, 4) is 0 Å². The summed E-state index contributed by atoms with van der Waals surface area (Å²) >= 11 is 0. The average Bonchev–Trinajstić information content (AvgIpc) is 3.11. The van der Waals surface area contributed by atoms with E-state index < -0.39 is 0 Å². The van der Waals surface area contributed by atoms with Crippen LogP contribution in [0.5, 0.6) is 0 Å². The standard InChI is InChI=1S/C20H25N5O2/c1-14-15-7-5-6-8-16(15)19(27)25(23-14)12-18(26)22-17(20(2,3)4)11-24-10-9-21-13-24/h5-10,13,17H,11-12H2,1-4H3,(H,22,26). The molecule has 0 bridgehead atoms. The number of carbonyl (C=O) groups is 1. The van der Waals surface area contributed by atoms with Gasteiger partial charge in [0.25, 0.3) is 5.56 Å². The molecule has 1 amide bonds. The van der Waals surface area contributed by atoms with Crippen molar-refractivity contribution >= 4 is 16.7 Å². The van der Waals surface area contributed by atoms with Crippen LogP contribution in [0.15, 0.2) is 47.8 Å². The number of carbonyl (C=O) groups excluding carboxylic acids is 1. The van der Waals surface area contributed by atoms with E-state index in [1.165, 1.54) is 4.68 Å². The molecule has 0 saturated heterocycles. The third kappa shape index (κ3) is 4.24. The Labute approximate surface area is 158 Å². The van der Waals surface area contributed by atoms with Gasteiger partial charge in [-0.2, -0.15) is 5.10 Å². The van der Waals surface area contributed by atoms with Crippen molar-refractivity contribution < 1.29 is 4.79 Å². The third-order valence-corrected chi connectivity index (χ3v) is 4.68. The Morgan fingerprint density at radius 1 is 1.22 bits per heavy atom. The van der Waals surface area contributed by atoms with Crippen LogP contribution >= 0.6 is 0 Å². The highest BCUT2D eigenvalue weighted by molar-refractivity contribution is 5.83. The van der Waals surface area contributed by atoms with Gasteiger partial charge in [-0.1, -0.05) is 39.0 Å². The summed E-state index contributed by atoms with van der Waals surface area (Å²) in [6.07, 6.45) is 5.30. The first-order valence-corrected chi connectivity index (χ1v) is 8.97. The number of hydrogen-bond acceptors (Lipinski definition) is 4. The second-order valence-electron chi connectivity index (χ2n) is 7.84. The Kier molecular flexibility index (Phi) is 5.12. The molecule has 1 atom stereocenters. The molecular formula is C20H25N5O2. The number of nitrogens with zero attached hydrogens (tertiary/aromatic N) is 4. The first-order chi connectivity index (χ1) is 12.8. The van der Waals surface area contributed by atoms with E-state index in [1.807, 2.05) is 35.9 Å². The van der Waals surface area contributed by atoms with Gasteiger partial charge >= 0.3 is 0 Å². The van der Waals surface area contributed by atoms with Gasteiger partial charge in [-0.05, 0) is 18.4 Å². The number of fused-ring (bicyclic) bond motifs is 1. The molecule has 0 spiro atoms. The molecule has 3 aromatic rings. The molecular weight excluding hydrogens is 342 g/mol. The van der Waals surface area contributed by atoms with Crippen molar-refractivity contribution in [2.45, 2.75) is 46.8 Å². The molecule has 142 valence electrons. The number of rotatable bonds is 5. The van der Waals surface area contributed by atoms with Crippen LogP contribution in [0.3, 0.4) is 0 Å². The van der Waals surface area contributed by atoms with Gasteiger partial charge in [0, 0.05) is 24.3 Å². The number of imidazole rings is 1. The summed E-state index contributed by atoms with van der Waals surface area (Å²) in [5.41, 5.74) is 0.314. The molecule has 0 aliphatic heterocycles. The second-order valence-corrected chi connectivity index (χ2v) is 7.84. The molecule has 2 aromatic heterocycles. The second kappa shape index (κ2) is 7.34. The van der Waals surface area contributed by atoms with E-state index in [-0.39, 0.29) is 29.5 Å². The van der Waals surface area contributed by atoms with Gasteiger partial charge in [0.2, 0.25) is 5.91 Å². The van der Waals surface area contributed by atoms with Crippen molar-refractivity contribution in [1.82, 2.24) is 24.6 Å². The lowest BCUT2D eigenvalue weighted by atomic mass is 9.86. The molecule has 0 aliphatic carbocycles. The molecule has 1 aromatic carbocycles. The van der Waals surface area contributed by atoms with E-state index in [0.717, 1.165) is 11.1 Å². The summed E-state index contributed by atoms with van der Waals surface area (Å²) in [5.74, 6) is -0.237. The number of nitrogens with one attached hydrogen (secondary N) is 1. The van der Waals surface area contributed by atoms with Crippen LogP contribution in [0.4, 0.5) is 0 Å². The minimum atomic E-state index is -0.256. The van der Waals surface area contributed by atoms with Crippen molar-refractivity contribution in [1.29, 1.82) is 0 Å². The molecule has 3 rings (SSSR count). The summed E-state index contributed by atoms with van der Waals surface area (Å²) in [7, 11) is 0. The van der Waals surface area contributed by atoms with Gasteiger partial charge in [-0.3, -0.25) is 9.59 Å². The summed E-state index contributed by atoms with van der Waals surface area (Å²) in [6, 6.07) is 7.20. The van der Waals surface area contributed by atoms with Gasteiger partial charge in [0.15, 0.2) is 0 Å². The van der Waals surface area contributed by atoms with Crippen LogP contribution < -0.4 is 10.9 Å².